The number of aromatic nitrogens is 3. The van der Waals surface area contributed by atoms with Gasteiger partial charge in [-0.3, -0.25) is 4.79 Å². The van der Waals surface area contributed by atoms with E-state index in [-0.39, 0.29) is 6.61 Å². The number of nitrogens with one attached hydrogen (secondary N) is 1. The zero-order valence-electron chi connectivity index (χ0n) is 15.6. The number of H-pyrrole nitrogens is 1. The molecule has 3 N–H and O–H groups in total. The number of aryl methyl sites for hydroxylation is 2. The second-order valence-electron chi connectivity index (χ2n) is 6.59. The van der Waals surface area contributed by atoms with E-state index in [1.54, 1.807) is 18.3 Å². The van der Waals surface area contributed by atoms with Gasteiger partial charge in [0, 0.05) is 30.9 Å². The Morgan fingerprint density at radius 3 is 2.64 bits per heavy atom. The van der Waals surface area contributed by atoms with Gasteiger partial charge in [-0.05, 0) is 31.2 Å². The van der Waals surface area contributed by atoms with E-state index in [1.165, 1.54) is 0 Å². The van der Waals surface area contributed by atoms with Crippen LogP contribution in [0.3, 0.4) is 0 Å². The lowest BCUT2D eigenvalue weighted by atomic mass is 10.2. The molecule has 28 heavy (non-hydrogen) atoms. The molecule has 0 spiro atoms. The summed E-state index contributed by atoms with van der Waals surface area (Å²) in [6.07, 6.45) is 3.57. The number of carbonyl (C=O) groups is 1. The highest BCUT2D eigenvalue weighted by Gasteiger charge is 2.14. The molecule has 0 saturated carbocycles. The lowest BCUT2D eigenvalue weighted by molar-refractivity contribution is 0.0996. The van der Waals surface area contributed by atoms with Crippen LogP contribution < -0.4 is 15.2 Å². The molecule has 0 atom stereocenters. The highest BCUT2D eigenvalue weighted by atomic mass is 16.5. The van der Waals surface area contributed by atoms with Crippen molar-refractivity contribution in [2.24, 2.45) is 12.8 Å². The number of hydrogen-bond acceptors (Lipinski definition) is 4. The summed E-state index contributed by atoms with van der Waals surface area (Å²) in [6, 6.07) is 13.1. The summed E-state index contributed by atoms with van der Waals surface area (Å²) in [6.45, 7) is 2.29. The number of carbonyl (C=O) groups excluding carboxylic acids is 1. The van der Waals surface area contributed by atoms with Crippen LogP contribution in [0.5, 0.6) is 17.2 Å². The van der Waals surface area contributed by atoms with Gasteiger partial charge in [-0.15, -0.1) is 0 Å². The number of ether oxygens (including phenoxy) is 2. The molecular weight excluding hydrogens is 356 g/mol. The van der Waals surface area contributed by atoms with Crippen LogP contribution in [0.4, 0.5) is 0 Å². The minimum Gasteiger partial charge on any atom is -0.483 e. The topological polar surface area (TPSA) is 95.2 Å². The summed E-state index contributed by atoms with van der Waals surface area (Å²) in [5.74, 6) is 2.11. The maximum Gasteiger partial charge on any atom is 0.265 e. The zero-order chi connectivity index (χ0) is 19.7. The molecule has 4 rings (SSSR count). The van der Waals surface area contributed by atoms with Crippen molar-refractivity contribution in [3.05, 3.63) is 71.9 Å². The van der Waals surface area contributed by atoms with E-state index in [9.17, 15) is 4.79 Å². The Morgan fingerprint density at radius 2 is 1.96 bits per heavy atom. The van der Waals surface area contributed by atoms with E-state index in [0.29, 0.717) is 28.5 Å². The predicted molar refractivity (Wildman–Crippen MR) is 106 cm³/mol. The molecule has 2 aromatic heterocycles. The maximum atomic E-state index is 11.6. The summed E-state index contributed by atoms with van der Waals surface area (Å²) >= 11 is 0. The van der Waals surface area contributed by atoms with Crippen molar-refractivity contribution in [1.82, 2.24) is 14.5 Å². The molecule has 0 aliphatic rings. The van der Waals surface area contributed by atoms with E-state index in [0.717, 1.165) is 16.8 Å². The average Bonchev–Trinajstić information content (AvgIpc) is 3.28. The van der Waals surface area contributed by atoms with Crippen molar-refractivity contribution in [2.45, 2.75) is 13.5 Å². The molecule has 0 saturated heterocycles. The van der Waals surface area contributed by atoms with E-state index in [1.807, 2.05) is 55.1 Å². The second kappa shape index (κ2) is 7.11. The van der Waals surface area contributed by atoms with Crippen molar-refractivity contribution in [3.8, 4) is 17.2 Å². The van der Waals surface area contributed by atoms with Crippen LogP contribution in [0.15, 0.2) is 54.9 Å². The zero-order valence-corrected chi connectivity index (χ0v) is 15.6. The van der Waals surface area contributed by atoms with Gasteiger partial charge in [0.2, 0.25) is 0 Å². The number of primary amides is 1. The van der Waals surface area contributed by atoms with Crippen LogP contribution in [-0.2, 0) is 13.7 Å². The summed E-state index contributed by atoms with van der Waals surface area (Å²) < 4.78 is 13.9. The molecule has 7 nitrogen and oxygen atoms in total. The molecule has 0 aliphatic heterocycles. The van der Waals surface area contributed by atoms with E-state index in [4.69, 9.17) is 15.2 Å². The van der Waals surface area contributed by atoms with Gasteiger partial charge in [-0.2, -0.15) is 0 Å². The lowest BCUT2D eigenvalue weighted by Gasteiger charge is -2.11. The van der Waals surface area contributed by atoms with Crippen molar-refractivity contribution < 1.29 is 14.3 Å². The molecule has 0 aliphatic carbocycles. The Morgan fingerprint density at radius 1 is 1.18 bits per heavy atom. The first-order valence-corrected chi connectivity index (χ1v) is 8.79. The fraction of sp³-hybridized carbons (Fsp3) is 0.143. The summed E-state index contributed by atoms with van der Waals surface area (Å²) in [7, 11) is 1.90. The van der Waals surface area contributed by atoms with Crippen LogP contribution in [0.25, 0.3) is 10.9 Å². The fourth-order valence-electron chi connectivity index (χ4n) is 2.91. The number of rotatable bonds is 6. The molecule has 0 bridgehead atoms. The molecule has 4 aromatic rings. The Bertz CT molecular complexity index is 1140. The van der Waals surface area contributed by atoms with Crippen LogP contribution in [0, 0.1) is 6.92 Å². The molecule has 7 heteroatoms. The number of benzene rings is 2. The van der Waals surface area contributed by atoms with Crippen molar-refractivity contribution in [1.29, 1.82) is 0 Å². The van der Waals surface area contributed by atoms with Crippen molar-refractivity contribution >= 4 is 16.8 Å². The van der Waals surface area contributed by atoms with Crippen LogP contribution in [-0.4, -0.2) is 20.4 Å². The second-order valence-corrected chi connectivity index (χ2v) is 6.59. The Kier molecular flexibility index (Phi) is 4.49. The molecule has 1 amide bonds. The average molecular weight is 376 g/mol. The Balaban J connectivity index is 1.70. The molecule has 2 aromatic carbocycles. The quantitative estimate of drug-likeness (QED) is 0.537. The third kappa shape index (κ3) is 3.55. The van der Waals surface area contributed by atoms with Gasteiger partial charge in [0.05, 0.1) is 5.52 Å². The number of nitrogens with zero attached hydrogens (tertiary/aromatic N) is 2. The minimum atomic E-state index is -0.535. The number of aromatic amines is 1. The highest BCUT2D eigenvalue weighted by molar-refractivity contribution is 5.99. The number of hydrogen-bond donors (Lipinski definition) is 2. The predicted octanol–water partition coefficient (Wildman–Crippen LogP) is 3.68. The van der Waals surface area contributed by atoms with E-state index < -0.39 is 5.91 Å². The number of fused-ring (bicyclic) bond motifs is 1. The normalized spacial score (nSPS) is 10.9. The third-order valence-corrected chi connectivity index (χ3v) is 4.47. The van der Waals surface area contributed by atoms with Gasteiger partial charge in [0.15, 0.2) is 0 Å². The number of nitrogens with two attached hydrogens (primary N) is 1. The highest BCUT2D eigenvalue weighted by Crippen LogP contribution is 2.34. The molecule has 142 valence electrons. The molecular formula is C21H20N4O3. The lowest BCUT2D eigenvalue weighted by Crippen LogP contribution is -2.10. The van der Waals surface area contributed by atoms with Gasteiger partial charge >= 0.3 is 0 Å². The summed E-state index contributed by atoms with van der Waals surface area (Å²) in [5.41, 5.74) is 7.56. The van der Waals surface area contributed by atoms with Gasteiger partial charge in [0.1, 0.15) is 35.4 Å². The number of amides is 1. The maximum absolute atomic E-state index is 11.6. The standard InChI is InChI=1S/C21H20N4O3/c1-13-3-5-15(6-4-13)28-16-9-14-10-17(21(22)26)24-20(14)18(11-16)27-12-19-23-7-8-25(19)2/h3-11,24H,12H2,1-2H3,(H2,22,26). The van der Waals surface area contributed by atoms with Gasteiger partial charge in [-0.25, -0.2) is 4.98 Å². The van der Waals surface area contributed by atoms with Crippen LogP contribution in [0.1, 0.15) is 21.9 Å². The van der Waals surface area contributed by atoms with Gasteiger partial charge in [-0.1, -0.05) is 17.7 Å². The third-order valence-electron chi connectivity index (χ3n) is 4.47. The summed E-state index contributed by atoms with van der Waals surface area (Å²) in [4.78, 5) is 18.9. The molecule has 2 heterocycles. The smallest absolute Gasteiger partial charge is 0.265 e. The van der Waals surface area contributed by atoms with E-state index in [2.05, 4.69) is 9.97 Å². The SMILES string of the molecule is Cc1ccc(Oc2cc(OCc3nccn3C)c3[nH]c(C(N)=O)cc3c2)cc1. The Labute approximate surface area is 161 Å². The first kappa shape index (κ1) is 17.7. The van der Waals surface area contributed by atoms with Crippen LogP contribution >= 0.6 is 0 Å². The molecule has 0 unspecified atom stereocenters. The van der Waals surface area contributed by atoms with Crippen molar-refractivity contribution in [2.75, 3.05) is 0 Å². The summed E-state index contributed by atoms with van der Waals surface area (Å²) in [5, 5.41) is 0.772. The van der Waals surface area contributed by atoms with E-state index >= 15 is 0 Å². The molecule has 0 fully saturated rings. The minimum absolute atomic E-state index is 0.275. The number of imidazole rings is 1. The first-order chi connectivity index (χ1) is 13.5. The first-order valence-electron chi connectivity index (χ1n) is 8.79. The van der Waals surface area contributed by atoms with Gasteiger partial charge in [0.25, 0.3) is 5.91 Å². The van der Waals surface area contributed by atoms with Crippen molar-refractivity contribution in [3.63, 3.8) is 0 Å². The molecule has 0 radical (unpaired) electrons. The largest absolute Gasteiger partial charge is 0.483 e. The monoisotopic (exact) mass is 376 g/mol. The van der Waals surface area contributed by atoms with Gasteiger partial charge < -0.3 is 24.8 Å². The fourth-order valence-corrected chi connectivity index (χ4v) is 2.91. The van der Waals surface area contributed by atoms with Crippen LogP contribution in [0.2, 0.25) is 0 Å². The Hall–Kier alpha value is -3.74.